The topological polar surface area (TPSA) is 206 Å². The van der Waals surface area contributed by atoms with Gasteiger partial charge in [-0.15, -0.1) is 0 Å². The van der Waals surface area contributed by atoms with Crippen molar-refractivity contribution in [3.05, 3.63) is 48.8 Å². The van der Waals surface area contributed by atoms with Gasteiger partial charge in [-0.3, -0.25) is 13.9 Å². The van der Waals surface area contributed by atoms with Crippen LogP contribution in [0.2, 0.25) is 0 Å². The minimum atomic E-state index is -4.35. The van der Waals surface area contributed by atoms with Crippen LogP contribution in [-0.4, -0.2) is 69.2 Å². The van der Waals surface area contributed by atoms with E-state index < -0.39 is 50.2 Å². The molecule has 0 spiro atoms. The standard InChI is InChI=1S/C29H34N7O8P/c1-5-13-41-26(38)17(2)35-45(39,44-20-12-8-10-18-9-6-7-11-19(18)20)42-14-21-23(37)29(3,15-30)27(43-21)36-16-32-22-24(36)33-28(31)34-25(22)40-4/h6-12,16-17,21,23,27,37H,5,13-14H2,1-4H3,(H,35,39)(H2,31,33,34)/t17-,21+,23+,27+,29+,45?/m0/s1. The van der Waals surface area contributed by atoms with E-state index in [-0.39, 0.29) is 35.3 Å². The molecule has 4 N–H and O–H groups in total. The summed E-state index contributed by atoms with van der Waals surface area (Å²) in [6.45, 7) is 4.51. The second-order valence-corrected chi connectivity index (χ2v) is 12.4. The maximum absolute atomic E-state index is 14.3. The molecule has 0 amide bonds. The summed E-state index contributed by atoms with van der Waals surface area (Å²) in [6.07, 6.45) is -1.75. The van der Waals surface area contributed by atoms with Crippen molar-refractivity contribution in [2.24, 2.45) is 5.41 Å². The number of hydrogen-bond donors (Lipinski definition) is 3. The summed E-state index contributed by atoms with van der Waals surface area (Å²) in [5, 5.41) is 25.7. The minimum absolute atomic E-state index is 0.0950. The molecule has 1 aliphatic heterocycles. The zero-order valence-corrected chi connectivity index (χ0v) is 26.0. The van der Waals surface area contributed by atoms with E-state index in [2.05, 4.69) is 26.1 Å². The van der Waals surface area contributed by atoms with Gasteiger partial charge < -0.3 is 29.6 Å². The second kappa shape index (κ2) is 13.0. The van der Waals surface area contributed by atoms with Gasteiger partial charge in [0.05, 0.1) is 32.7 Å². The molecule has 15 nitrogen and oxygen atoms in total. The number of aromatic nitrogens is 4. The lowest BCUT2D eigenvalue weighted by molar-refractivity contribution is -0.145. The second-order valence-electron chi connectivity index (χ2n) is 10.7. The Morgan fingerprint density at radius 3 is 2.78 bits per heavy atom. The molecule has 0 bridgehead atoms. The number of carbonyl (C=O) groups excluding carboxylic acids is 1. The lowest BCUT2D eigenvalue weighted by Crippen LogP contribution is -2.39. The number of nitriles is 1. The van der Waals surface area contributed by atoms with Gasteiger partial charge in [-0.1, -0.05) is 43.3 Å². The van der Waals surface area contributed by atoms with Gasteiger partial charge in [0.1, 0.15) is 29.4 Å². The van der Waals surface area contributed by atoms with Crippen LogP contribution in [0.1, 0.15) is 33.4 Å². The highest BCUT2D eigenvalue weighted by Crippen LogP contribution is 2.50. The molecule has 45 heavy (non-hydrogen) atoms. The third-order valence-corrected chi connectivity index (χ3v) is 9.04. The number of fused-ring (bicyclic) bond motifs is 2. The Morgan fingerprint density at radius 1 is 1.29 bits per heavy atom. The van der Waals surface area contributed by atoms with Crippen molar-refractivity contribution in [1.29, 1.82) is 5.26 Å². The molecule has 4 aromatic rings. The van der Waals surface area contributed by atoms with E-state index in [9.17, 15) is 19.7 Å². The normalized spacial score (nSPS) is 23.3. The molecular weight excluding hydrogens is 605 g/mol. The van der Waals surface area contributed by atoms with Gasteiger partial charge >= 0.3 is 13.7 Å². The summed E-state index contributed by atoms with van der Waals surface area (Å²) in [7, 11) is -2.95. The van der Waals surface area contributed by atoms with Gasteiger partial charge in [0.2, 0.25) is 11.8 Å². The number of imidazole rings is 1. The minimum Gasteiger partial charge on any atom is -0.479 e. The highest BCUT2D eigenvalue weighted by atomic mass is 31.2. The Labute approximate surface area is 258 Å². The molecule has 0 aliphatic carbocycles. The molecule has 1 unspecified atom stereocenters. The van der Waals surface area contributed by atoms with E-state index in [1.165, 1.54) is 31.9 Å². The monoisotopic (exact) mass is 639 g/mol. The van der Waals surface area contributed by atoms with Crippen molar-refractivity contribution < 1.29 is 37.7 Å². The lowest BCUT2D eigenvalue weighted by Gasteiger charge is -2.26. The van der Waals surface area contributed by atoms with Crippen LogP contribution >= 0.6 is 7.75 Å². The molecule has 0 radical (unpaired) electrons. The average molecular weight is 640 g/mol. The van der Waals surface area contributed by atoms with Crippen LogP contribution in [0.5, 0.6) is 11.6 Å². The van der Waals surface area contributed by atoms with Crippen molar-refractivity contribution >= 4 is 41.6 Å². The molecule has 3 heterocycles. The number of aliphatic hydroxyl groups is 1. The Balaban J connectivity index is 1.43. The molecule has 1 fully saturated rings. The van der Waals surface area contributed by atoms with Gasteiger partial charge in [-0.05, 0) is 31.7 Å². The average Bonchev–Trinajstić information content (AvgIpc) is 3.56. The van der Waals surface area contributed by atoms with Crippen LogP contribution in [0.3, 0.4) is 0 Å². The van der Waals surface area contributed by atoms with Gasteiger partial charge in [0.25, 0.3) is 0 Å². The van der Waals surface area contributed by atoms with Crippen molar-refractivity contribution in [2.45, 2.75) is 51.7 Å². The first kappa shape index (κ1) is 32.1. The van der Waals surface area contributed by atoms with Crippen molar-refractivity contribution in [3.8, 4) is 17.7 Å². The highest BCUT2D eigenvalue weighted by Gasteiger charge is 2.56. The first-order chi connectivity index (χ1) is 21.5. The van der Waals surface area contributed by atoms with E-state index in [0.717, 1.165) is 5.39 Å². The number of nitrogens with two attached hydrogens (primary N) is 1. The number of anilines is 1. The zero-order chi connectivity index (χ0) is 32.4. The van der Waals surface area contributed by atoms with E-state index >= 15 is 0 Å². The summed E-state index contributed by atoms with van der Waals surface area (Å²) in [6, 6.07) is 13.6. The molecule has 1 aliphatic rings. The molecule has 2 aromatic carbocycles. The number of esters is 1. The number of hydrogen-bond acceptors (Lipinski definition) is 13. The maximum Gasteiger partial charge on any atom is 0.459 e. The van der Waals surface area contributed by atoms with Crippen molar-refractivity contribution in [3.63, 3.8) is 0 Å². The Hall–Kier alpha value is -4.32. The number of aliphatic hydroxyl groups excluding tert-OH is 1. The molecular formula is C29H34N7O8P. The summed E-state index contributed by atoms with van der Waals surface area (Å²) >= 11 is 0. The number of nitrogen functional groups attached to an aromatic ring is 1. The first-order valence-electron chi connectivity index (χ1n) is 14.2. The van der Waals surface area contributed by atoms with Crippen molar-refractivity contribution in [1.82, 2.24) is 24.6 Å². The fourth-order valence-corrected chi connectivity index (χ4v) is 6.55. The SMILES string of the molecule is CCCOC(=O)[C@H](C)NP(=O)(OC[C@H]1O[C@@H](n2cnc3c(OC)nc(N)nc32)[C@](C)(C#N)[C@@H]1O)Oc1cccc2ccccc12. The fraction of sp³-hybridized carbons (Fsp3) is 0.414. The summed E-state index contributed by atoms with van der Waals surface area (Å²) in [4.78, 5) is 25.1. The van der Waals surface area contributed by atoms with Gasteiger partial charge in [-0.25, -0.2) is 9.55 Å². The maximum atomic E-state index is 14.3. The Morgan fingerprint density at radius 2 is 2.04 bits per heavy atom. The van der Waals surface area contributed by atoms with Crippen LogP contribution in [0, 0.1) is 16.7 Å². The van der Waals surface area contributed by atoms with E-state index in [0.29, 0.717) is 11.8 Å². The number of rotatable bonds is 12. The lowest BCUT2D eigenvalue weighted by atomic mass is 9.84. The molecule has 2 aromatic heterocycles. The summed E-state index contributed by atoms with van der Waals surface area (Å²) < 4.78 is 44.1. The first-order valence-corrected chi connectivity index (χ1v) is 15.7. The molecule has 1 saturated heterocycles. The van der Waals surface area contributed by atoms with Crippen LogP contribution in [-0.2, 0) is 23.4 Å². The quantitative estimate of drug-likeness (QED) is 0.150. The highest BCUT2D eigenvalue weighted by molar-refractivity contribution is 7.52. The van der Waals surface area contributed by atoms with Gasteiger partial charge in [0, 0.05) is 5.39 Å². The van der Waals surface area contributed by atoms with Crippen LogP contribution in [0.15, 0.2) is 48.8 Å². The number of nitrogens with one attached hydrogen (secondary N) is 1. The molecule has 5 rings (SSSR count). The van der Waals surface area contributed by atoms with Crippen LogP contribution in [0.4, 0.5) is 5.95 Å². The summed E-state index contributed by atoms with van der Waals surface area (Å²) in [5.74, 6) is -0.387. The number of methoxy groups -OCH3 is 1. The molecule has 0 saturated carbocycles. The predicted molar refractivity (Wildman–Crippen MR) is 162 cm³/mol. The predicted octanol–water partition coefficient (Wildman–Crippen LogP) is 3.49. The molecule has 6 atom stereocenters. The van der Waals surface area contributed by atoms with Gasteiger partial charge in [0.15, 0.2) is 17.4 Å². The number of carbonyl (C=O) groups is 1. The van der Waals surface area contributed by atoms with Crippen LogP contribution in [0.25, 0.3) is 21.9 Å². The fourth-order valence-electron chi connectivity index (χ4n) is 5.02. The Kier molecular flexibility index (Phi) is 9.24. The van der Waals surface area contributed by atoms with Crippen molar-refractivity contribution in [2.75, 3.05) is 26.1 Å². The number of nitrogens with zero attached hydrogens (tertiary/aromatic N) is 5. The third-order valence-electron chi connectivity index (χ3n) is 7.41. The number of ether oxygens (including phenoxy) is 3. The van der Waals surface area contributed by atoms with E-state index in [1.807, 2.05) is 25.1 Å². The molecule has 238 valence electrons. The summed E-state index contributed by atoms with van der Waals surface area (Å²) in [5.41, 5.74) is 4.80. The molecule has 16 heteroatoms. The van der Waals surface area contributed by atoms with Gasteiger partial charge in [-0.2, -0.15) is 20.3 Å². The smallest absolute Gasteiger partial charge is 0.459 e. The van der Waals surface area contributed by atoms with E-state index in [4.69, 9.17) is 29.0 Å². The largest absolute Gasteiger partial charge is 0.479 e. The van der Waals surface area contributed by atoms with Crippen LogP contribution < -0.4 is 20.1 Å². The number of benzene rings is 2. The third kappa shape index (κ3) is 6.28. The van der Waals surface area contributed by atoms with E-state index in [1.54, 1.807) is 24.3 Å². The Bertz CT molecular complexity index is 1790. The zero-order valence-electron chi connectivity index (χ0n) is 25.1.